The topological polar surface area (TPSA) is 54.1 Å². The molecule has 4 nitrogen and oxygen atoms in total. The molecule has 0 N–H and O–H groups in total. The molecule has 7 aromatic carbocycles. The third-order valence-electron chi connectivity index (χ3n) is 11.6. The van der Waals surface area contributed by atoms with Crippen molar-refractivity contribution in [3.63, 3.8) is 0 Å². The smallest absolute Gasteiger partial charge is 0.0991 e. The monoisotopic (exact) mass is 736 g/mol. The standard InChI is InChI=1S/C48H48N4Si2/c1-53(2,3)41-23-19-39(20-24-41)51(37-15-7-33(31-49)8-16-37)45-29-13-35-12-28-44-46(30-14-36-11-27-43(45)47(35)48(36)44)52(38-17-9-34(32-50)10-18-38)40-21-25-42(26-22-40)54(4,5)6/h7-8,11-16,19-30,34,38H,9-10,17-18H2,1-6H3. The summed E-state index contributed by atoms with van der Waals surface area (Å²) in [6.07, 6.45) is 3.86. The van der Waals surface area contributed by atoms with Crippen molar-refractivity contribution in [3.05, 3.63) is 127 Å². The summed E-state index contributed by atoms with van der Waals surface area (Å²) in [4.78, 5) is 4.94. The highest BCUT2D eigenvalue weighted by molar-refractivity contribution is 6.89. The van der Waals surface area contributed by atoms with Crippen molar-refractivity contribution in [1.82, 2.24) is 0 Å². The first-order valence-electron chi connectivity index (χ1n) is 19.4. The van der Waals surface area contributed by atoms with Crippen molar-refractivity contribution in [2.24, 2.45) is 5.92 Å². The molecule has 0 aromatic heterocycles. The molecule has 0 spiro atoms. The van der Waals surface area contributed by atoms with Crippen molar-refractivity contribution < 1.29 is 0 Å². The van der Waals surface area contributed by atoms with Gasteiger partial charge in [0.15, 0.2) is 0 Å². The van der Waals surface area contributed by atoms with E-state index in [9.17, 15) is 10.5 Å². The molecule has 54 heavy (non-hydrogen) atoms. The lowest BCUT2D eigenvalue weighted by atomic mass is 9.85. The zero-order valence-electron chi connectivity index (χ0n) is 32.3. The van der Waals surface area contributed by atoms with E-state index in [1.807, 2.05) is 12.1 Å². The second-order valence-corrected chi connectivity index (χ2v) is 27.3. The minimum atomic E-state index is -1.49. The Morgan fingerprint density at radius 2 is 0.944 bits per heavy atom. The van der Waals surface area contributed by atoms with Gasteiger partial charge in [0, 0.05) is 45.5 Å². The molecule has 1 aliphatic rings. The Labute approximate surface area is 322 Å². The van der Waals surface area contributed by atoms with E-state index >= 15 is 0 Å². The zero-order valence-corrected chi connectivity index (χ0v) is 34.3. The van der Waals surface area contributed by atoms with Gasteiger partial charge in [-0.1, -0.05) is 110 Å². The number of hydrogen-bond donors (Lipinski definition) is 0. The highest BCUT2D eigenvalue weighted by Crippen LogP contribution is 2.47. The number of hydrogen-bond acceptors (Lipinski definition) is 4. The van der Waals surface area contributed by atoms with Crippen LogP contribution in [-0.4, -0.2) is 22.2 Å². The zero-order chi connectivity index (χ0) is 37.8. The largest absolute Gasteiger partial charge is 0.338 e. The Hall–Kier alpha value is -5.41. The van der Waals surface area contributed by atoms with Crippen molar-refractivity contribution in [2.75, 3.05) is 9.80 Å². The number of benzene rings is 7. The van der Waals surface area contributed by atoms with Crippen molar-refractivity contribution >= 4 is 87.3 Å². The second kappa shape index (κ2) is 13.8. The fourth-order valence-corrected chi connectivity index (χ4v) is 10.9. The molecule has 0 heterocycles. The van der Waals surface area contributed by atoms with Crippen LogP contribution in [0.1, 0.15) is 31.2 Å². The first kappa shape index (κ1) is 35.6. The highest BCUT2D eigenvalue weighted by atomic mass is 28.3. The van der Waals surface area contributed by atoms with Crippen LogP contribution in [0, 0.1) is 28.6 Å². The lowest BCUT2D eigenvalue weighted by Gasteiger charge is -2.38. The summed E-state index contributed by atoms with van der Waals surface area (Å²) in [6, 6.07) is 50.0. The maximum absolute atomic E-state index is 9.76. The van der Waals surface area contributed by atoms with Gasteiger partial charge >= 0.3 is 0 Å². The normalized spacial score (nSPS) is 16.4. The Morgan fingerprint density at radius 3 is 1.43 bits per heavy atom. The first-order valence-corrected chi connectivity index (χ1v) is 26.4. The van der Waals surface area contributed by atoms with Gasteiger partial charge in [0.25, 0.3) is 0 Å². The van der Waals surface area contributed by atoms with Crippen LogP contribution >= 0.6 is 0 Å². The lowest BCUT2D eigenvalue weighted by Crippen LogP contribution is -2.38. The molecule has 0 bridgehead atoms. The van der Waals surface area contributed by atoms with Gasteiger partial charge in [-0.3, -0.25) is 0 Å². The average molecular weight is 737 g/mol. The molecule has 1 saturated carbocycles. The number of rotatable bonds is 8. The predicted octanol–water partition coefficient (Wildman–Crippen LogP) is 12.2. The van der Waals surface area contributed by atoms with Gasteiger partial charge in [-0.25, -0.2) is 0 Å². The van der Waals surface area contributed by atoms with E-state index in [4.69, 9.17) is 0 Å². The highest BCUT2D eigenvalue weighted by Gasteiger charge is 2.30. The Kier molecular flexibility index (Phi) is 9.09. The van der Waals surface area contributed by atoms with Gasteiger partial charge in [0.1, 0.15) is 0 Å². The summed E-state index contributed by atoms with van der Waals surface area (Å²) in [5.74, 6) is 0.142. The van der Waals surface area contributed by atoms with E-state index in [-0.39, 0.29) is 5.92 Å². The quantitative estimate of drug-likeness (QED) is 0.115. The fraction of sp³-hybridized carbons (Fsp3) is 0.250. The van der Waals surface area contributed by atoms with Crippen molar-refractivity contribution in [3.8, 4) is 12.1 Å². The summed E-state index contributed by atoms with van der Waals surface area (Å²) < 4.78 is 0. The van der Waals surface area contributed by atoms with Crippen LogP contribution in [-0.2, 0) is 0 Å². The molecule has 0 saturated heterocycles. The third-order valence-corrected chi connectivity index (χ3v) is 15.8. The molecule has 7 aromatic rings. The SMILES string of the molecule is C[Si](C)(C)c1ccc(N(c2ccc(C#N)cc2)c2ccc3ccc4c(N(c5ccc([Si](C)(C)C)cc5)C5CCC(C#N)CC5)ccc5ccc2c3c54)cc1. The summed E-state index contributed by atoms with van der Waals surface area (Å²) >= 11 is 0. The second-order valence-electron chi connectivity index (χ2n) is 17.2. The van der Waals surface area contributed by atoms with Crippen molar-refractivity contribution in [2.45, 2.75) is 71.0 Å². The van der Waals surface area contributed by atoms with Gasteiger partial charge in [0.05, 0.1) is 39.5 Å². The van der Waals surface area contributed by atoms with Crippen LogP contribution in [0.15, 0.2) is 121 Å². The third kappa shape index (κ3) is 6.44. The Morgan fingerprint density at radius 1 is 0.500 bits per heavy atom. The fourth-order valence-electron chi connectivity index (χ4n) is 8.53. The maximum atomic E-state index is 9.76. The van der Waals surface area contributed by atoms with E-state index in [1.165, 1.54) is 54.1 Å². The molecule has 8 rings (SSSR count). The van der Waals surface area contributed by atoms with E-state index in [1.54, 1.807) is 0 Å². The van der Waals surface area contributed by atoms with Crippen LogP contribution in [0.4, 0.5) is 28.4 Å². The van der Waals surface area contributed by atoms with Crippen LogP contribution in [0.2, 0.25) is 39.3 Å². The average Bonchev–Trinajstić information content (AvgIpc) is 3.18. The summed E-state index contributed by atoms with van der Waals surface area (Å²) in [6.45, 7) is 14.4. The van der Waals surface area contributed by atoms with E-state index in [0.717, 1.165) is 42.7 Å². The van der Waals surface area contributed by atoms with Crippen LogP contribution in [0.3, 0.4) is 0 Å². The molecule has 268 valence electrons. The molecule has 1 aliphatic carbocycles. The minimum absolute atomic E-state index is 0.142. The van der Waals surface area contributed by atoms with Gasteiger partial charge in [0.2, 0.25) is 0 Å². The Balaban J connectivity index is 1.33. The predicted molar refractivity (Wildman–Crippen MR) is 235 cm³/mol. The molecule has 6 heteroatoms. The number of anilines is 5. The molecule has 1 fully saturated rings. The maximum Gasteiger partial charge on any atom is 0.0991 e. The van der Waals surface area contributed by atoms with Gasteiger partial charge in [-0.15, -0.1) is 0 Å². The van der Waals surface area contributed by atoms with E-state index in [2.05, 4.69) is 170 Å². The summed E-state index contributed by atoms with van der Waals surface area (Å²) in [5.41, 5.74) is 6.33. The number of nitriles is 2. The molecule has 0 atom stereocenters. The van der Waals surface area contributed by atoms with E-state index < -0.39 is 16.1 Å². The molecular formula is C48H48N4Si2. The molecule has 0 aliphatic heterocycles. The number of nitrogens with zero attached hydrogens (tertiary/aromatic N) is 4. The van der Waals surface area contributed by atoms with Crippen LogP contribution < -0.4 is 20.2 Å². The van der Waals surface area contributed by atoms with Crippen molar-refractivity contribution in [1.29, 1.82) is 10.5 Å². The van der Waals surface area contributed by atoms with E-state index in [0.29, 0.717) is 11.6 Å². The minimum Gasteiger partial charge on any atom is -0.338 e. The van der Waals surface area contributed by atoms with Gasteiger partial charge in [-0.2, -0.15) is 10.5 Å². The molecule has 0 unspecified atom stereocenters. The summed E-state index contributed by atoms with van der Waals surface area (Å²) in [7, 11) is -2.95. The Bertz CT molecular complexity index is 2540. The lowest BCUT2D eigenvalue weighted by molar-refractivity contribution is 0.378. The first-order chi connectivity index (χ1) is 25.9. The van der Waals surface area contributed by atoms with Gasteiger partial charge in [-0.05, 0) is 108 Å². The van der Waals surface area contributed by atoms with Gasteiger partial charge < -0.3 is 9.80 Å². The van der Waals surface area contributed by atoms with Crippen LogP contribution in [0.5, 0.6) is 0 Å². The molecular weight excluding hydrogens is 689 g/mol. The molecule has 0 amide bonds. The molecule has 0 radical (unpaired) electrons. The van der Waals surface area contributed by atoms with Crippen LogP contribution in [0.25, 0.3) is 32.3 Å². The summed E-state index contributed by atoms with van der Waals surface area (Å²) in [5, 5.41) is 29.7.